The molecule has 3 fully saturated rings. The smallest absolute Gasteiger partial charge is 0.407 e. The summed E-state index contributed by atoms with van der Waals surface area (Å²) in [7, 11) is 0. The number of alkyl carbamates (subject to hydrolysis) is 1. The SMILES string of the molecule is C/C=C(/C)C(=O)OC1C(C)=C2[C@@H]3OC(=O)[C@@](C)(O)[C@@]3(O)C(OC(=O)CCc3ccc(O)c(CCCCCNC(=O)OC(C)(C)C)c3)C[C@@]3(OC(C)=O)C[C@]23[C@@H]1OC(=O)CCCCCCC. The molecule has 8 atom stereocenters. The minimum atomic E-state index is -2.66. The van der Waals surface area contributed by atoms with Crippen LogP contribution in [0, 0.1) is 5.41 Å². The molecule has 1 aromatic carbocycles. The zero-order chi connectivity index (χ0) is 48.1. The van der Waals surface area contributed by atoms with E-state index < -0.39 is 94.6 Å². The minimum Gasteiger partial charge on any atom is -0.508 e. The Labute approximate surface area is 381 Å². The molecule has 1 saturated heterocycles. The molecule has 2 unspecified atom stereocenters. The van der Waals surface area contributed by atoms with E-state index in [1.165, 1.54) is 6.92 Å². The van der Waals surface area contributed by atoms with Crippen LogP contribution in [0.4, 0.5) is 4.79 Å². The second-order valence-corrected chi connectivity index (χ2v) is 19.3. The molecule has 16 nitrogen and oxygen atoms in total. The molecule has 360 valence electrons. The lowest BCUT2D eigenvalue weighted by Crippen LogP contribution is -2.64. The number of ether oxygens (including phenoxy) is 6. The highest BCUT2D eigenvalue weighted by molar-refractivity contribution is 5.88. The molecular weight excluding hydrogens is 843 g/mol. The number of benzene rings is 1. The predicted molar refractivity (Wildman–Crippen MR) is 235 cm³/mol. The van der Waals surface area contributed by atoms with Gasteiger partial charge in [0.2, 0.25) is 0 Å². The van der Waals surface area contributed by atoms with E-state index in [9.17, 15) is 44.1 Å². The van der Waals surface area contributed by atoms with Gasteiger partial charge in [0, 0.05) is 44.7 Å². The first-order valence-corrected chi connectivity index (χ1v) is 23.0. The van der Waals surface area contributed by atoms with Crippen LogP contribution in [0.2, 0.25) is 0 Å². The van der Waals surface area contributed by atoms with Gasteiger partial charge in [-0.2, -0.15) is 0 Å². The molecule has 1 aromatic rings. The molecule has 4 aliphatic rings. The maximum Gasteiger partial charge on any atom is 0.407 e. The van der Waals surface area contributed by atoms with E-state index in [1.54, 1.807) is 65.8 Å². The van der Waals surface area contributed by atoms with Crippen molar-refractivity contribution in [2.45, 2.75) is 199 Å². The zero-order valence-electron chi connectivity index (χ0n) is 39.5. The fourth-order valence-electron chi connectivity index (χ4n) is 9.76. The van der Waals surface area contributed by atoms with E-state index in [1.807, 2.05) is 0 Å². The molecule has 1 aliphatic heterocycles. The summed E-state index contributed by atoms with van der Waals surface area (Å²) in [6.07, 6.45) is 1.61. The molecule has 1 heterocycles. The second-order valence-electron chi connectivity index (χ2n) is 19.3. The highest BCUT2D eigenvalue weighted by Crippen LogP contribution is 2.76. The number of fused-ring (bicyclic) bond motifs is 2. The van der Waals surface area contributed by atoms with Gasteiger partial charge in [0.05, 0.1) is 5.41 Å². The van der Waals surface area contributed by atoms with Crippen molar-refractivity contribution in [3.8, 4) is 5.75 Å². The number of aromatic hydroxyl groups is 1. The summed E-state index contributed by atoms with van der Waals surface area (Å²) in [6, 6.07) is 5.01. The number of hydrogen-bond acceptors (Lipinski definition) is 15. The van der Waals surface area contributed by atoms with E-state index >= 15 is 0 Å². The van der Waals surface area contributed by atoms with Gasteiger partial charge in [-0.1, -0.05) is 57.2 Å². The predicted octanol–water partition coefficient (Wildman–Crippen LogP) is 6.46. The number of unbranched alkanes of at least 4 members (excludes halogenated alkanes) is 6. The van der Waals surface area contributed by atoms with Crippen molar-refractivity contribution in [1.29, 1.82) is 0 Å². The van der Waals surface area contributed by atoms with Gasteiger partial charge < -0.3 is 49.1 Å². The summed E-state index contributed by atoms with van der Waals surface area (Å²) in [5.41, 5.74) is -7.02. The van der Waals surface area contributed by atoms with E-state index in [0.717, 1.165) is 45.4 Å². The van der Waals surface area contributed by atoms with Crippen LogP contribution in [0.1, 0.15) is 150 Å². The normalized spacial score (nSPS) is 29.1. The van der Waals surface area contributed by atoms with E-state index in [0.29, 0.717) is 36.9 Å². The summed E-state index contributed by atoms with van der Waals surface area (Å²) in [6.45, 7) is 14.9. The van der Waals surface area contributed by atoms with Crippen molar-refractivity contribution in [2.24, 2.45) is 5.41 Å². The number of rotatable bonds is 20. The van der Waals surface area contributed by atoms with Gasteiger partial charge in [0.25, 0.3) is 0 Å². The number of amides is 1. The van der Waals surface area contributed by atoms with Crippen LogP contribution in [-0.4, -0.2) is 105 Å². The molecule has 5 rings (SSSR count). The lowest BCUT2D eigenvalue weighted by molar-refractivity contribution is -0.207. The highest BCUT2D eigenvalue weighted by atomic mass is 16.6. The lowest BCUT2D eigenvalue weighted by Gasteiger charge is -2.40. The van der Waals surface area contributed by atoms with Gasteiger partial charge in [-0.25, -0.2) is 14.4 Å². The zero-order valence-corrected chi connectivity index (χ0v) is 39.5. The molecule has 65 heavy (non-hydrogen) atoms. The summed E-state index contributed by atoms with van der Waals surface area (Å²) in [4.78, 5) is 79.5. The number of hydrogen-bond donors (Lipinski definition) is 4. The van der Waals surface area contributed by atoms with E-state index in [4.69, 9.17) is 28.4 Å². The fraction of sp³-hybridized carbons (Fsp3) is 0.673. The van der Waals surface area contributed by atoms with Crippen molar-refractivity contribution >= 4 is 35.9 Å². The summed E-state index contributed by atoms with van der Waals surface area (Å²) < 4.78 is 35.5. The number of phenols is 1. The maximum absolute atomic E-state index is 13.9. The third-order valence-electron chi connectivity index (χ3n) is 13.3. The van der Waals surface area contributed by atoms with Crippen molar-refractivity contribution < 1.29 is 72.5 Å². The van der Waals surface area contributed by atoms with Gasteiger partial charge in [-0.15, -0.1) is 0 Å². The largest absolute Gasteiger partial charge is 0.508 e. The van der Waals surface area contributed by atoms with E-state index in [-0.39, 0.29) is 48.2 Å². The molecular formula is C49H69NO15. The third-order valence-corrected chi connectivity index (χ3v) is 13.3. The topological polar surface area (TPSA) is 231 Å². The monoisotopic (exact) mass is 911 g/mol. The van der Waals surface area contributed by atoms with Crippen LogP contribution in [0.15, 0.2) is 41.0 Å². The Morgan fingerprint density at radius 1 is 0.923 bits per heavy atom. The summed E-state index contributed by atoms with van der Waals surface area (Å²) in [5, 5.41) is 38.0. The maximum atomic E-state index is 13.9. The Bertz CT molecular complexity index is 2050. The highest BCUT2D eigenvalue weighted by Gasteiger charge is 2.88. The third kappa shape index (κ3) is 10.7. The van der Waals surface area contributed by atoms with Gasteiger partial charge in [0.1, 0.15) is 23.1 Å². The molecule has 1 amide bonds. The Morgan fingerprint density at radius 3 is 2.26 bits per heavy atom. The molecule has 0 radical (unpaired) electrons. The Kier molecular flexibility index (Phi) is 15.9. The molecule has 2 saturated carbocycles. The van der Waals surface area contributed by atoms with Crippen LogP contribution < -0.4 is 5.32 Å². The molecule has 16 heteroatoms. The molecule has 0 bridgehead atoms. The van der Waals surface area contributed by atoms with Gasteiger partial charge in [-0.05, 0) is 109 Å². The Balaban J connectivity index is 1.39. The Morgan fingerprint density at radius 2 is 1.60 bits per heavy atom. The van der Waals surface area contributed by atoms with Crippen LogP contribution in [0.5, 0.6) is 5.75 Å². The lowest BCUT2D eigenvalue weighted by atomic mass is 9.74. The number of nitrogens with one attached hydrogen (secondary N) is 1. The standard InChI is InChI=1S/C49H69NO15/c1-10-12-13-14-17-20-36(53)61-41-39(62-42(55)29(3)11-2)30(4)38-40-49(59,46(9,58)43(56)63-40)35(27-47(64-31(5)51)28-48(38,41)47)60-37(54)24-22-32-21-23-34(52)33(26-32)19-16-15-18-25-50-44(57)65-45(6,7)8/h11,21,23,26,35,39-41,52,58-59H,10,12-20,22,24-25,27-28H2,1-9H3,(H,50,57)/b29-11-/t35?,39?,40-,41+,46+,47+,48+,49+/m0/s1. The molecule has 1 spiro atoms. The van der Waals surface area contributed by atoms with Crippen molar-refractivity contribution in [1.82, 2.24) is 5.32 Å². The second kappa shape index (κ2) is 20.3. The first kappa shape index (κ1) is 51.0. The number of carbonyl (C=O) groups excluding carboxylic acids is 6. The minimum absolute atomic E-state index is 0.0335. The summed E-state index contributed by atoms with van der Waals surface area (Å²) >= 11 is 0. The van der Waals surface area contributed by atoms with Crippen LogP contribution in [0.25, 0.3) is 0 Å². The van der Waals surface area contributed by atoms with Gasteiger partial charge >= 0.3 is 35.9 Å². The number of carbonyl (C=O) groups is 6. The quantitative estimate of drug-likeness (QED) is 0.0362. The van der Waals surface area contributed by atoms with Gasteiger partial charge in [-0.3, -0.25) is 14.4 Å². The molecule has 4 N–H and O–H groups in total. The first-order valence-electron chi connectivity index (χ1n) is 23.0. The van der Waals surface area contributed by atoms with Crippen LogP contribution in [-0.2, 0) is 65.2 Å². The molecule has 3 aliphatic carbocycles. The number of aryl methyl sites for hydroxylation is 2. The van der Waals surface area contributed by atoms with Crippen molar-refractivity contribution in [2.75, 3.05) is 6.54 Å². The molecule has 0 aromatic heterocycles. The van der Waals surface area contributed by atoms with Crippen LogP contribution >= 0.6 is 0 Å². The Hall–Kier alpha value is -4.96. The van der Waals surface area contributed by atoms with Gasteiger partial charge in [0.15, 0.2) is 29.5 Å². The number of aliphatic hydroxyl groups is 2. The number of allylic oxidation sites excluding steroid dienone is 1. The van der Waals surface area contributed by atoms with Crippen molar-refractivity contribution in [3.05, 3.63) is 52.1 Å². The fourth-order valence-corrected chi connectivity index (χ4v) is 9.76. The van der Waals surface area contributed by atoms with Crippen molar-refractivity contribution in [3.63, 3.8) is 0 Å². The van der Waals surface area contributed by atoms with Crippen LogP contribution in [0.3, 0.4) is 0 Å². The summed E-state index contributed by atoms with van der Waals surface area (Å²) in [5.74, 6) is -3.97. The number of esters is 5. The average Bonchev–Trinajstić information content (AvgIpc) is 3.75. The average molecular weight is 912 g/mol. The first-order chi connectivity index (χ1) is 30.5. The van der Waals surface area contributed by atoms with E-state index in [2.05, 4.69) is 12.2 Å². The number of phenolic OH excluding ortho intramolecular Hbond substituents is 1.